The number of rotatable bonds is 6. The molecule has 0 aliphatic carbocycles. The van der Waals surface area contributed by atoms with Gasteiger partial charge in [0.25, 0.3) is 0 Å². The Bertz CT molecular complexity index is 614. The van der Waals surface area contributed by atoms with E-state index in [-0.39, 0.29) is 5.75 Å². The standard InChI is InChI=1S/C16H20F2N2O/c1-4-7-19-15-9-14(10(2)3)20-13-6-5-11(8-12(13)15)21-16(17)18/h5-6,8-10,16H,4,7H2,1-3H3,(H,19,20). The third-order valence-electron chi connectivity index (χ3n) is 3.18. The van der Waals surface area contributed by atoms with Crippen molar-refractivity contribution in [1.29, 1.82) is 0 Å². The van der Waals surface area contributed by atoms with Crippen LogP contribution in [0.2, 0.25) is 0 Å². The Balaban J connectivity index is 2.50. The molecule has 1 aromatic heterocycles. The van der Waals surface area contributed by atoms with E-state index in [1.807, 2.05) is 6.07 Å². The minimum absolute atomic E-state index is 0.149. The van der Waals surface area contributed by atoms with E-state index < -0.39 is 6.61 Å². The molecule has 0 aliphatic heterocycles. The summed E-state index contributed by atoms with van der Waals surface area (Å²) in [4.78, 5) is 4.58. The summed E-state index contributed by atoms with van der Waals surface area (Å²) < 4.78 is 29.2. The van der Waals surface area contributed by atoms with Gasteiger partial charge in [0.15, 0.2) is 0 Å². The number of anilines is 1. The lowest BCUT2D eigenvalue weighted by Crippen LogP contribution is -2.05. The summed E-state index contributed by atoms with van der Waals surface area (Å²) in [5.74, 6) is 0.449. The van der Waals surface area contributed by atoms with E-state index in [0.717, 1.165) is 35.2 Å². The molecule has 0 unspecified atom stereocenters. The van der Waals surface area contributed by atoms with Gasteiger partial charge >= 0.3 is 6.61 Å². The molecule has 0 saturated heterocycles. The van der Waals surface area contributed by atoms with E-state index in [1.165, 1.54) is 6.07 Å². The Labute approximate surface area is 123 Å². The minimum Gasteiger partial charge on any atom is -0.435 e. The molecule has 3 nitrogen and oxygen atoms in total. The minimum atomic E-state index is -2.82. The lowest BCUT2D eigenvalue weighted by Gasteiger charge is -2.14. The van der Waals surface area contributed by atoms with Crippen LogP contribution in [-0.2, 0) is 0 Å². The monoisotopic (exact) mass is 294 g/mol. The van der Waals surface area contributed by atoms with Gasteiger partial charge in [0.1, 0.15) is 5.75 Å². The van der Waals surface area contributed by atoms with Crippen molar-refractivity contribution in [2.75, 3.05) is 11.9 Å². The number of ether oxygens (including phenoxy) is 1. The van der Waals surface area contributed by atoms with Gasteiger partial charge in [-0.3, -0.25) is 4.98 Å². The zero-order chi connectivity index (χ0) is 15.4. The van der Waals surface area contributed by atoms with Crippen molar-refractivity contribution in [3.63, 3.8) is 0 Å². The summed E-state index contributed by atoms with van der Waals surface area (Å²) in [5.41, 5.74) is 2.66. The predicted molar refractivity (Wildman–Crippen MR) is 81.2 cm³/mol. The predicted octanol–water partition coefficient (Wildman–Crippen LogP) is 4.78. The van der Waals surface area contributed by atoms with Crippen LogP contribution in [0.25, 0.3) is 10.9 Å². The van der Waals surface area contributed by atoms with Crippen molar-refractivity contribution < 1.29 is 13.5 Å². The fourth-order valence-corrected chi connectivity index (χ4v) is 2.10. The van der Waals surface area contributed by atoms with Crippen molar-refractivity contribution in [3.8, 4) is 5.75 Å². The maximum Gasteiger partial charge on any atom is 0.387 e. The van der Waals surface area contributed by atoms with Crippen LogP contribution in [0, 0.1) is 0 Å². The van der Waals surface area contributed by atoms with Crippen molar-refractivity contribution >= 4 is 16.6 Å². The molecule has 2 rings (SSSR count). The molecule has 1 heterocycles. The van der Waals surface area contributed by atoms with Gasteiger partial charge in [0.2, 0.25) is 0 Å². The highest BCUT2D eigenvalue weighted by molar-refractivity contribution is 5.92. The summed E-state index contributed by atoms with van der Waals surface area (Å²) in [6.07, 6.45) is 0.980. The molecule has 0 fully saturated rings. The molecule has 2 aromatic rings. The van der Waals surface area contributed by atoms with Gasteiger partial charge in [-0.1, -0.05) is 20.8 Å². The first kappa shape index (κ1) is 15.5. The molecule has 1 aromatic carbocycles. The number of alkyl halides is 2. The second kappa shape index (κ2) is 6.70. The number of hydrogen-bond donors (Lipinski definition) is 1. The number of pyridine rings is 1. The van der Waals surface area contributed by atoms with Crippen LogP contribution >= 0.6 is 0 Å². The van der Waals surface area contributed by atoms with Crippen LogP contribution in [0.3, 0.4) is 0 Å². The Hall–Kier alpha value is -1.91. The van der Waals surface area contributed by atoms with Crippen LogP contribution in [0.15, 0.2) is 24.3 Å². The first-order valence-electron chi connectivity index (χ1n) is 7.14. The van der Waals surface area contributed by atoms with E-state index in [1.54, 1.807) is 12.1 Å². The first-order valence-corrected chi connectivity index (χ1v) is 7.14. The van der Waals surface area contributed by atoms with E-state index in [9.17, 15) is 8.78 Å². The number of hydrogen-bond acceptors (Lipinski definition) is 3. The number of aromatic nitrogens is 1. The average molecular weight is 294 g/mol. The smallest absolute Gasteiger partial charge is 0.387 e. The Kier molecular flexibility index (Phi) is 4.94. The highest BCUT2D eigenvalue weighted by atomic mass is 19.3. The van der Waals surface area contributed by atoms with E-state index in [4.69, 9.17) is 0 Å². The SMILES string of the molecule is CCCNc1cc(C(C)C)nc2ccc(OC(F)F)cc12. The quantitative estimate of drug-likeness (QED) is 0.832. The molecule has 5 heteroatoms. The number of benzene rings is 1. The molecule has 0 radical (unpaired) electrons. The highest BCUT2D eigenvalue weighted by Crippen LogP contribution is 2.30. The molecule has 114 valence electrons. The van der Waals surface area contributed by atoms with Gasteiger partial charge < -0.3 is 10.1 Å². The van der Waals surface area contributed by atoms with Crippen LogP contribution in [0.5, 0.6) is 5.75 Å². The van der Waals surface area contributed by atoms with Gasteiger partial charge in [0.05, 0.1) is 5.52 Å². The fraction of sp³-hybridized carbons (Fsp3) is 0.438. The number of nitrogens with one attached hydrogen (secondary N) is 1. The molecule has 0 amide bonds. The summed E-state index contributed by atoms with van der Waals surface area (Å²) >= 11 is 0. The van der Waals surface area contributed by atoms with E-state index in [0.29, 0.717) is 5.92 Å². The molecule has 0 bridgehead atoms. The molecule has 21 heavy (non-hydrogen) atoms. The largest absolute Gasteiger partial charge is 0.435 e. The third kappa shape index (κ3) is 3.80. The second-order valence-electron chi connectivity index (χ2n) is 5.23. The van der Waals surface area contributed by atoms with Crippen molar-refractivity contribution in [2.45, 2.75) is 39.7 Å². The molecule has 0 saturated carbocycles. The molecule has 0 atom stereocenters. The average Bonchev–Trinajstić information content (AvgIpc) is 2.43. The Morgan fingerprint density at radius 1 is 1.24 bits per heavy atom. The molecule has 0 spiro atoms. The van der Waals surface area contributed by atoms with Gasteiger partial charge in [-0.15, -0.1) is 0 Å². The maximum absolute atomic E-state index is 12.3. The van der Waals surface area contributed by atoms with Gasteiger partial charge in [-0.2, -0.15) is 8.78 Å². The molecular formula is C16H20F2N2O. The topological polar surface area (TPSA) is 34.2 Å². The molecule has 1 N–H and O–H groups in total. The van der Waals surface area contributed by atoms with Gasteiger partial charge in [-0.05, 0) is 36.6 Å². The highest BCUT2D eigenvalue weighted by Gasteiger charge is 2.11. The molecule has 0 aliphatic rings. The van der Waals surface area contributed by atoms with Crippen LogP contribution in [0.1, 0.15) is 38.8 Å². The van der Waals surface area contributed by atoms with Crippen LogP contribution in [-0.4, -0.2) is 18.1 Å². The van der Waals surface area contributed by atoms with Gasteiger partial charge in [-0.25, -0.2) is 0 Å². The Morgan fingerprint density at radius 2 is 2.00 bits per heavy atom. The number of halogens is 2. The summed E-state index contributed by atoms with van der Waals surface area (Å²) in [6.45, 7) is 4.22. The van der Waals surface area contributed by atoms with E-state index in [2.05, 4.69) is 35.8 Å². The van der Waals surface area contributed by atoms with Crippen LogP contribution in [0.4, 0.5) is 14.5 Å². The first-order chi connectivity index (χ1) is 10.0. The van der Waals surface area contributed by atoms with Crippen LogP contribution < -0.4 is 10.1 Å². The van der Waals surface area contributed by atoms with Gasteiger partial charge in [0, 0.05) is 23.3 Å². The normalized spacial score (nSPS) is 11.4. The lowest BCUT2D eigenvalue weighted by atomic mass is 10.1. The van der Waals surface area contributed by atoms with Crippen molar-refractivity contribution in [2.24, 2.45) is 0 Å². The Morgan fingerprint density at radius 3 is 2.62 bits per heavy atom. The fourth-order valence-electron chi connectivity index (χ4n) is 2.10. The summed E-state index contributed by atoms with van der Waals surface area (Å²) in [6, 6.07) is 6.83. The van der Waals surface area contributed by atoms with Crippen molar-refractivity contribution in [1.82, 2.24) is 4.98 Å². The number of fused-ring (bicyclic) bond motifs is 1. The lowest BCUT2D eigenvalue weighted by molar-refractivity contribution is -0.0497. The van der Waals surface area contributed by atoms with Crippen molar-refractivity contribution in [3.05, 3.63) is 30.0 Å². The third-order valence-corrected chi connectivity index (χ3v) is 3.18. The zero-order valence-corrected chi connectivity index (χ0v) is 12.5. The zero-order valence-electron chi connectivity index (χ0n) is 12.5. The summed E-state index contributed by atoms with van der Waals surface area (Å²) in [5, 5.41) is 4.13. The number of nitrogens with zero attached hydrogens (tertiary/aromatic N) is 1. The summed E-state index contributed by atoms with van der Waals surface area (Å²) in [7, 11) is 0. The maximum atomic E-state index is 12.3. The van der Waals surface area contributed by atoms with E-state index >= 15 is 0 Å². The molecular weight excluding hydrogens is 274 g/mol. The second-order valence-corrected chi connectivity index (χ2v) is 5.23.